The Bertz CT molecular complexity index is 1300. The van der Waals surface area contributed by atoms with Gasteiger partial charge in [0.15, 0.2) is 5.76 Å². The number of furan rings is 1. The van der Waals surface area contributed by atoms with Gasteiger partial charge in [-0.25, -0.2) is 4.98 Å². The van der Waals surface area contributed by atoms with E-state index in [1.165, 1.54) is 10.8 Å². The number of para-hydroxylation sites is 2. The summed E-state index contributed by atoms with van der Waals surface area (Å²) in [6.07, 6.45) is 3.20. The maximum Gasteiger partial charge on any atom is 0.290 e. The predicted octanol–water partition coefficient (Wildman–Crippen LogP) is 5.64. The van der Waals surface area contributed by atoms with Crippen molar-refractivity contribution in [3.8, 4) is 5.69 Å². The molecule has 7 heteroatoms. The number of fused-ring (bicyclic) bond motifs is 1. The third-order valence-electron chi connectivity index (χ3n) is 5.48. The van der Waals surface area contributed by atoms with Gasteiger partial charge >= 0.3 is 0 Å². The van der Waals surface area contributed by atoms with Crippen LogP contribution in [-0.4, -0.2) is 26.9 Å². The van der Waals surface area contributed by atoms with E-state index in [2.05, 4.69) is 6.92 Å². The van der Waals surface area contributed by atoms with E-state index < -0.39 is 6.04 Å². The van der Waals surface area contributed by atoms with Crippen molar-refractivity contribution >= 4 is 28.4 Å². The molecule has 6 nitrogen and oxygen atoms in total. The standard InChI is InChI=1S/C25H24ClN3O3/c1-3-4-15-28(25(31)22-14-9-16-32-22)17(2)23-27-20-12-7-5-10-18(20)24(30)29(23)21-13-8-6-11-19(21)26/h5-14,16-17H,3-4,15H2,1-2H3. The molecule has 32 heavy (non-hydrogen) atoms. The molecule has 1 atom stereocenters. The Hall–Kier alpha value is -3.38. The molecule has 164 valence electrons. The lowest BCUT2D eigenvalue weighted by Crippen LogP contribution is -2.38. The van der Waals surface area contributed by atoms with Crippen LogP contribution < -0.4 is 5.56 Å². The van der Waals surface area contributed by atoms with Gasteiger partial charge in [-0.1, -0.05) is 49.2 Å². The number of nitrogens with zero attached hydrogens (tertiary/aromatic N) is 3. The van der Waals surface area contributed by atoms with Gasteiger partial charge in [0.2, 0.25) is 0 Å². The SMILES string of the molecule is CCCCN(C(=O)c1ccco1)C(C)c1nc2ccccc2c(=O)n1-c1ccccc1Cl. The highest BCUT2D eigenvalue weighted by molar-refractivity contribution is 6.32. The van der Waals surface area contributed by atoms with Crippen LogP contribution in [0.1, 0.15) is 49.1 Å². The highest BCUT2D eigenvalue weighted by atomic mass is 35.5. The molecule has 2 aromatic carbocycles. The van der Waals surface area contributed by atoms with E-state index in [9.17, 15) is 9.59 Å². The molecule has 0 radical (unpaired) electrons. The van der Waals surface area contributed by atoms with Crippen molar-refractivity contribution in [3.63, 3.8) is 0 Å². The first kappa shape index (κ1) is 21.8. The van der Waals surface area contributed by atoms with Crippen LogP contribution in [0, 0.1) is 0 Å². The number of unbranched alkanes of at least 4 members (excludes halogenated alkanes) is 1. The summed E-state index contributed by atoms with van der Waals surface area (Å²) in [4.78, 5) is 33.4. The Morgan fingerprint density at radius 3 is 2.59 bits per heavy atom. The normalized spacial score (nSPS) is 12.1. The number of halogens is 1. The third kappa shape index (κ3) is 4.06. The molecular weight excluding hydrogens is 426 g/mol. The van der Waals surface area contributed by atoms with Crippen LogP contribution in [0.3, 0.4) is 0 Å². The lowest BCUT2D eigenvalue weighted by atomic mass is 10.1. The molecule has 0 aliphatic heterocycles. The van der Waals surface area contributed by atoms with E-state index in [0.29, 0.717) is 34.0 Å². The molecular formula is C25H24ClN3O3. The summed E-state index contributed by atoms with van der Waals surface area (Å²) < 4.78 is 6.89. The molecule has 0 bridgehead atoms. The smallest absolute Gasteiger partial charge is 0.290 e. The minimum atomic E-state index is -0.507. The Morgan fingerprint density at radius 1 is 1.12 bits per heavy atom. The van der Waals surface area contributed by atoms with Gasteiger partial charge < -0.3 is 9.32 Å². The molecule has 2 aromatic heterocycles. The molecule has 0 N–H and O–H groups in total. The molecule has 0 spiro atoms. The minimum absolute atomic E-state index is 0.230. The fourth-order valence-electron chi connectivity index (χ4n) is 3.78. The number of carbonyl (C=O) groups excluding carboxylic acids is 1. The first-order valence-corrected chi connectivity index (χ1v) is 11.0. The van der Waals surface area contributed by atoms with Gasteiger partial charge in [-0.2, -0.15) is 0 Å². The van der Waals surface area contributed by atoms with E-state index in [1.807, 2.05) is 25.1 Å². The van der Waals surface area contributed by atoms with E-state index in [1.54, 1.807) is 47.4 Å². The quantitative estimate of drug-likeness (QED) is 0.366. The summed E-state index contributed by atoms with van der Waals surface area (Å²) in [5.41, 5.74) is 0.871. The van der Waals surface area contributed by atoms with Crippen LogP contribution in [-0.2, 0) is 0 Å². The Balaban J connectivity index is 1.93. The first-order valence-electron chi connectivity index (χ1n) is 10.6. The third-order valence-corrected chi connectivity index (χ3v) is 5.80. The van der Waals surface area contributed by atoms with Crippen LogP contribution in [0.5, 0.6) is 0 Å². The summed E-state index contributed by atoms with van der Waals surface area (Å²) in [7, 11) is 0. The van der Waals surface area contributed by atoms with Gasteiger partial charge in [-0.3, -0.25) is 14.2 Å². The van der Waals surface area contributed by atoms with E-state index in [-0.39, 0.29) is 17.2 Å². The molecule has 0 fully saturated rings. The van der Waals surface area contributed by atoms with Crippen molar-refractivity contribution in [2.75, 3.05) is 6.54 Å². The molecule has 1 amide bonds. The van der Waals surface area contributed by atoms with Gasteiger partial charge in [0.05, 0.1) is 33.9 Å². The topological polar surface area (TPSA) is 68.3 Å². The van der Waals surface area contributed by atoms with Gasteiger partial charge in [-0.15, -0.1) is 0 Å². The second kappa shape index (κ2) is 9.40. The van der Waals surface area contributed by atoms with E-state index >= 15 is 0 Å². The molecule has 0 saturated heterocycles. The monoisotopic (exact) mass is 449 g/mol. The van der Waals surface area contributed by atoms with E-state index in [0.717, 1.165) is 12.8 Å². The Labute approximate surface area is 191 Å². The average Bonchev–Trinajstić information content (AvgIpc) is 3.35. The summed E-state index contributed by atoms with van der Waals surface area (Å²) in [5, 5.41) is 0.915. The number of benzene rings is 2. The predicted molar refractivity (Wildman–Crippen MR) is 125 cm³/mol. The van der Waals surface area contributed by atoms with Gasteiger partial charge in [-0.05, 0) is 49.7 Å². The summed E-state index contributed by atoms with van der Waals surface area (Å²) in [6.45, 7) is 4.44. The largest absolute Gasteiger partial charge is 0.459 e. The van der Waals surface area contributed by atoms with Gasteiger partial charge in [0.1, 0.15) is 5.82 Å². The lowest BCUT2D eigenvalue weighted by molar-refractivity contribution is 0.0645. The van der Waals surface area contributed by atoms with Gasteiger partial charge in [0.25, 0.3) is 11.5 Å². The molecule has 2 heterocycles. The van der Waals surface area contributed by atoms with Crippen molar-refractivity contribution in [1.29, 1.82) is 0 Å². The Kier molecular flexibility index (Phi) is 6.42. The number of hydrogen-bond acceptors (Lipinski definition) is 4. The van der Waals surface area contributed by atoms with Crippen LogP contribution in [0.4, 0.5) is 0 Å². The maximum atomic E-state index is 13.6. The van der Waals surface area contributed by atoms with Crippen molar-refractivity contribution in [2.24, 2.45) is 0 Å². The first-order chi connectivity index (χ1) is 15.5. The fraction of sp³-hybridized carbons (Fsp3) is 0.240. The summed E-state index contributed by atoms with van der Waals surface area (Å²) >= 11 is 6.48. The number of aromatic nitrogens is 2. The second-order valence-corrected chi connectivity index (χ2v) is 7.99. The van der Waals surface area contributed by atoms with E-state index in [4.69, 9.17) is 21.0 Å². The van der Waals surface area contributed by atoms with Crippen molar-refractivity contribution in [1.82, 2.24) is 14.5 Å². The summed E-state index contributed by atoms with van der Waals surface area (Å²) in [6, 6.07) is 17.1. The van der Waals surface area contributed by atoms with Crippen LogP contribution >= 0.6 is 11.6 Å². The highest BCUT2D eigenvalue weighted by Crippen LogP contribution is 2.27. The average molecular weight is 450 g/mol. The van der Waals surface area contributed by atoms with Gasteiger partial charge in [0, 0.05) is 6.54 Å². The van der Waals surface area contributed by atoms with Crippen LogP contribution in [0.25, 0.3) is 16.6 Å². The molecule has 0 aliphatic rings. The van der Waals surface area contributed by atoms with Crippen LogP contribution in [0.2, 0.25) is 5.02 Å². The highest BCUT2D eigenvalue weighted by Gasteiger charge is 2.29. The number of carbonyl (C=O) groups is 1. The fourth-order valence-corrected chi connectivity index (χ4v) is 4.00. The summed E-state index contributed by atoms with van der Waals surface area (Å²) in [5.74, 6) is 0.447. The zero-order chi connectivity index (χ0) is 22.7. The molecule has 1 unspecified atom stereocenters. The zero-order valence-corrected chi connectivity index (χ0v) is 18.7. The molecule has 0 aliphatic carbocycles. The minimum Gasteiger partial charge on any atom is -0.459 e. The second-order valence-electron chi connectivity index (χ2n) is 7.58. The zero-order valence-electron chi connectivity index (χ0n) is 18.0. The maximum absolute atomic E-state index is 13.6. The van der Waals surface area contributed by atoms with Crippen molar-refractivity contribution < 1.29 is 9.21 Å². The van der Waals surface area contributed by atoms with Crippen molar-refractivity contribution in [3.05, 3.63) is 93.9 Å². The van der Waals surface area contributed by atoms with Crippen LogP contribution in [0.15, 0.2) is 76.1 Å². The lowest BCUT2D eigenvalue weighted by Gasteiger charge is -2.30. The van der Waals surface area contributed by atoms with Crippen molar-refractivity contribution in [2.45, 2.75) is 32.7 Å². The number of rotatable bonds is 7. The number of amides is 1. The number of hydrogen-bond donors (Lipinski definition) is 0. The molecule has 0 saturated carbocycles. The molecule has 4 aromatic rings. The Morgan fingerprint density at radius 2 is 1.88 bits per heavy atom. The molecule has 4 rings (SSSR count).